The van der Waals surface area contributed by atoms with E-state index in [1.807, 2.05) is 12.1 Å². The van der Waals surface area contributed by atoms with E-state index < -0.39 is 0 Å². The minimum Gasteiger partial charge on any atom is -0.494 e. The van der Waals surface area contributed by atoms with Gasteiger partial charge in [0.25, 0.3) is 0 Å². The smallest absolute Gasteiger partial charge is 0.119 e. The standard InChI is InChI=1S/C15H19NO/c1-2-3-4-11-17-15-9-5-13(6-10-15)12-16-14-7-8-14/h1,5-6,9-10,14,16H,3-4,7-8,11-12H2. The molecule has 1 aromatic rings. The highest BCUT2D eigenvalue weighted by Gasteiger charge is 2.19. The fourth-order valence-corrected chi connectivity index (χ4v) is 1.62. The first-order valence-electron chi connectivity index (χ1n) is 6.27. The molecule has 1 N–H and O–H groups in total. The average molecular weight is 229 g/mol. The van der Waals surface area contributed by atoms with Gasteiger partial charge in [0.2, 0.25) is 0 Å². The lowest BCUT2D eigenvalue weighted by Gasteiger charge is -2.07. The molecule has 0 unspecified atom stereocenters. The first-order chi connectivity index (χ1) is 8.38. The summed E-state index contributed by atoms with van der Waals surface area (Å²) in [5.41, 5.74) is 1.31. The van der Waals surface area contributed by atoms with Gasteiger partial charge in [0, 0.05) is 19.0 Å². The number of hydrogen-bond donors (Lipinski definition) is 1. The molecular formula is C15H19NO. The number of rotatable bonds is 7. The highest BCUT2D eigenvalue weighted by molar-refractivity contribution is 5.27. The van der Waals surface area contributed by atoms with Gasteiger partial charge in [-0.15, -0.1) is 12.3 Å². The van der Waals surface area contributed by atoms with Crippen LogP contribution in [0.3, 0.4) is 0 Å². The number of benzene rings is 1. The van der Waals surface area contributed by atoms with Gasteiger partial charge in [-0.25, -0.2) is 0 Å². The average Bonchev–Trinajstić information content (AvgIpc) is 3.18. The zero-order valence-corrected chi connectivity index (χ0v) is 10.1. The van der Waals surface area contributed by atoms with E-state index in [2.05, 4.69) is 23.4 Å². The van der Waals surface area contributed by atoms with E-state index in [-0.39, 0.29) is 0 Å². The van der Waals surface area contributed by atoms with Crippen molar-refractivity contribution in [2.45, 2.75) is 38.3 Å². The first kappa shape index (κ1) is 12.0. The molecule has 17 heavy (non-hydrogen) atoms. The van der Waals surface area contributed by atoms with Crippen LogP contribution in [0, 0.1) is 12.3 Å². The lowest BCUT2D eigenvalue weighted by atomic mass is 10.2. The van der Waals surface area contributed by atoms with Crippen LogP contribution < -0.4 is 10.1 Å². The Balaban J connectivity index is 1.70. The third-order valence-corrected chi connectivity index (χ3v) is 2.83. The van der Waals surface area contributed by atoms with Crippen molar-refractivity contribution in [3.8, 4) is 18.1 Å². The molecule has 1 aliphatic rings. The van der Waals surface area contributed by atoms with E-state index in [1.165, 1.54) is 18.4 Å². The summed E-state index contributed by atoms with van der Waals surface area (Å²) in [6.45, 7) is 1.66. The third-order valence-electron chi connectivity index (χ3n) is 2.83. The molecular weight excluding hydrogens is 210 g/mol. The zero-order valence-electron chi connectivity index (χ0n) is 10.1. The Hall–Kier alpha value is -1.46. The van der Waals surface area contributed by atoms with Gasteiger partial charge < -0.3 is 10.1 Å². The van der Waals surface area contributed by atoms with Crippen molar-refractivity contribution in [3.63, 3.8) is 0 Å². The molecule has 2 rings (SSSR count). The first-order valence-corrected chi connectivity index (χ1v) is 6.27. The number of terminal acetylenes is 1. The molecule has 1 fully saturated rings. The van der Waals surface area contributed by atoms with Crippen LogP contribution in [0.4, 0.5) is 0 Å². The van der Waals surface area contributed by atoms with Crippen LogP contribution in [0.15, 0.2) is 24.3 Å². The van der Waals surface area contributed by atoms with E-state index in [9.17, 15) is 0 Å². The maximum atomic E-state index is 5.59. The quantitative estimate of drug-likeness (QED) is 0.573. The summed E-state index contributed by atoms with van der Waals surface area (Å²) in [5.74, 6) is 3.54. The van der Waals surface area contributed by atoms with Crippen molar-refractivity contribution in [1.29, 1.82) is 0 Å². The van der Waals surface area contributed by atoms with Gasteiger partial charge in [0.05, 0.1) is 6.61 Å². The molecule has 90 valence electrons. The van der Waals surface area contributed by atoms with Crippen LogP contribution in [0.5, 0.6) is 5.75 Å². The summed E-state index contributed by atoms with van der Waals surface area (Å²) >= 11 is 0. The molecule has 0 spiro atoms. The molecule has 0 amide bonds. The van der Waals surface area contributed by atoms with Crippen molar-refractivity contribution in [2.75, 3.05) is 6.61 Å². The summed E-state index contributed by atoms with van der Waals surface area (Å²) in [4.78, 5) is 0. The molecule has 0 aromatic heterocycles. The fraction of sp³-hybridized carbons (Fsp3) is 0.467. The molecule has 2 heteroatoms. The maximum Gasteiger partial charge on any atom is 0.119 e. The van der Waals surface area contributed by atoms with Crippen LogP contribution in [-0.2, 0) is 6.54 Å². The zero-order chi connectivity index (χ0) is 11.9. The summed E-state index contributed by atoms with van der Waals surface area (Å²) in [7, 11) is 0. The monoisotopic (exact) mass is 229 g/mol. The van der Waals surface area contributed by atoms with Gasteiger partial charge in [-0.2, -0.15) is 0 Å². The lowest BCUT2D eigenvalue weighted by Crippen LogP contribution is -2.15. The molecule has 0 atom stereocenters. The molecule has 0 heterocycles. The number of nitrogens with one attached hydrogen (secondary N) is 1. The van der Waals surface area contributed by atoms with E-state index >= 15 is 0 Å². The second-order valence-corrected chi connectivity index (χ2v) is 4.46. The normalized spacial score (nSPS) is 14.3. The highest BCUT2D eigenvalue weighted by atomic mass is 16.5. The Labute approximate surface area is 103 Å². The summed E-state index contributed by atoms with van der Waals surface area (Å²) in [6, 6.07) is 9.05. The van der Waals surface area contributed by atoms with Gasteiger partial charge in [0.1, 0.15) is 5.75 Å². The molecule has 1 saturated carbocycles. The molecule has 2 nitrogen and oxygen atoms in total. The summed E-state index contributed by atoms with van der Waals surface area (Å²) in [5, 5.41) is 3.49. The van der Waals surface area contributed by atoms with E-state index in [4.69, 9.17) is 11.2 Å². The molecule has 0 radical (unpaired) electrons. The predicted molar refractivity (Wildman–Crippen MR) is 69.9 cm³/mol. The van der Waals surface area contributed by atoms with Gasteiger partial charge >= 0.3 is 0 Å². The molecule has 1 aromatic carbocycles. The van der Waals surface area contributed by atoms with Crippen LogP contribution in [0.25, 0.3) is 0 Å². The van der Waals surface area contributed by atoms with Crippen molar-refractivity contribution in [2.24, 2.45) is 0 Å². The largest absolute Gasteiger partial charge is 0.494 e. The number of ether oxygens (including phenoxy) is 1. The summed E-state index contributed by atoms with van der Waals surface area (Å²) < 4.78 is 5.59. The Kier molecular flexibility index (Phi) is 4.46. The Morgan fingerprint density at radius 1 is 1.29 bits per heavy atom. The van der Waals surface area contributed by atoms with Crippen LogP contribution in [0.2, 0.25) is 0 Å². The molecule has 0 bridgehead atoms. The second kappa shape index (κ2) is 6.32. The van der Waals surface area contributed by atoms with E-state index in [1.54, 1.807) is 0 Å². The SMILES string of the molecule is C#CCCCOc1ccc(CNC2CC2)cc1. The number of unbranched alkanes of at least 4 members (excludes halogenated alkanes) is 1. The van der Waals surface area contributed by atoms with E-state index in [0.717, 1.165) is 31.2 Å². The van der Waals surface area contributed by atoms with Gasteiger partial charge in [-0.1, -0.05) is 12.1 Å². The Bertz CT molecular complexity index is 373. The lowest BCUT2D eigenvalue weighted by molar-refractivity contribution is 0.313. The Morgan fingerprint density at radius 2 is 2.06 bits per heavy atom. The van der Waals surface area contributed by atoms with Gasteiger partial charge in [0.15, 0.2) is 0 Å². The molecule has 0 saturated heterocycles. The van der Waals surface area contributed by atoms with Crippen LogP contribution in [-0.4, -0.2) is 12.6 Å². The molecule has 0 aliphatic heterocycles. The minimum absolute atomic E-state index is 0.698. The topological polar surface area (TPSA) is 21.3 Å². The van der Waals surface area contributed by atoms with Crippen molar-refractivity contribution < 1.29 is 4.74 Å². The number of hydrogen-bond acceptors (Lipinski definition) is 2. The van der Waals surface area contributed by atoms with Crippen LogP contribution in [0.1, 0.15) is 31.2 Å². The minimum atomic E-state index is 0.698. The van der Waals surface area contributed by atoms with Crippen molar-refractivity contribution >= 4 is 0 Å². The second-order valence-electron chi connectivity index (χ2n) is 4.46. The summed E-state index contributed by atoms with van der Waals surface area (Å²) in [6.07, 6.45) is 9.54. The van der Waals surface area contributed by atoms with Crippen molar-refractivity contribution in [3.05, 3.63) is 29.8 Å². The van der Waals surface area contributed by atoms with Gasteiger partial charge in [-0.05, 0) is 37.0 Å². The maximum absolute atomic E-state index is 5.59. The molecule has 1 aliphatic carbocycles. The van der Waals surface area contributed by atoms with Gasteiger partial charge in [-0.3, -0.25) is 0 Å². The fourth-order valence-electron chi connectivity index (χ4n) is 1.62. The Morgan fingerprint density at radius 3 is 2.71 bits per heavy atom. The highest BCUT2D eigenvalue weighted by Crippen LogP contribution is 2.19. The van der Waals surface area contributed by atoms with E-state index in [0.29, 0.717) is 6.61 Å². The van der Waals surface area contributed by atoms with Crippen molar-refractivity contribution in [1.82, 2.24) is 5.32 Å². The predicted octanol–water partition coefficient (Wildman–Crippen LogP) is 2.73. The van der Waals surface area contributed by atoms with Crippen LogP contribution >= 0.6 is 0 Å². The third kappa shape index (κ3) is 4.50.